The molecule has 0 aromatic carbocycles. The molecule has 0 unspecified atom stereocenters. The van der Waals surface area contributed by atoms with E-state index in [-0.39, 0.29) is 6.42 Å². The zero-order valence-electron chi connectivity index (χ0n) is 8.20. The lowest BCUT2D eigenvalue weighted by Crippen LogP contribution is -2.46. The Bertz CT molecular complexity index is 165. The molecule has 1 aliphatic rings. The summed E-state index contributed by atoms with van der Waals surface area (Å²) in [5.41, 5.74) is 0. The van der Waals surface area contributed by atoms with E-state index in [9.17, 15) is 4.79 Å². The Labute approximate surface area is 79.1 Å². The van der Waals surface area contributed by atoms with Crippen molar-refractivity contribution in [3.05, 3.63) is 0 Å². The van der Waals surface area contributed by atoms with Gasteiger partial charge in [0, 0.05) is 32.7 Å². The smallest absolute Gasteiger partial charge is 0.304 e. The average Bonchev–Trinajstić information content (AvgIpc) is 2.15. The van der Waals surface area contributed by atoms with Crippen LogP contribution in [-0.4, -0.2) is 60.1 Å². The first-order chi connectivity index (χ1) is 6.22. The van der Waals surface area contributed by atoms with Gasteiger partial charge >= 0.3 is 5.97 Å². The second-order valence-electron chi connectivity index (χ2n) is 3.42. The van der Waals surface area contributed by atoms with Crippen LogP contribution in [0.1, 0.15) is 13.3 Å². The summed E-state index contributed by atoms with van der Waals surface area (Å²) < 4.78 is 0. The Balaban J connectivity index is 2.14. The van der Waals surface area contributed by atoms with Crippen LogP contribution >= 0.6 is 0 Å². The van der Waals surface area contributed by atoms with Crippen molar-refractivity contribution in [2.75, 3.05) is 39.3 Å². The molecule has 4 nitrogen and oxygen atoms in total. The standard InChI is InChI=1S/C9H18N2O2/c1-2-10-5-7-11(8-6-10)4-3-9(12)13/h2-8H2,1H3,(H,12,13). The van der Waals surface area contributed by atoms with E-state index >= 15 is 0 Å². The molecule has 0 spiro atoms. The normalized spacial score (nSPS) is 20.4. The predicted octanol–water partition coefficient (Wildman–Crippen LogP) is 0.0986. The highest BCUT2D eigenvalue weighted by molar-refractivity contribution is 5.66. The fourth-order valence-electron chi connectivity index (χ4n) is 1.58. The summed E-state index contributed by atoms with van der Waals surface area (Å²) in [6.07, 6.45) is 0.270. The Morgan fingerprint density at radius 3 is 2.23 bits per heavy atom. The number of rotatable bonds is 4. The molecule has 0 saturated carbocycles. The number of carbonyl (C=O) groups is 1. The van der Waals surface area contributed by atoms with Gasteiger partial charge in [-0.25, -0.2) is 0 Å². The molecular weight excluding hydrogens is 168 g/mol. The van der Waals surface area contributed by atoms with Crippen LogP contribution in [0.5, 0.6) is 0 Å². The van der Waals surface area contributed by atoms with Gasteiger partial charge in [-0.15, -0.1) is 0 Å². The molecular formula is C9H18N2O2. The van der Waals surface area contributed by atoms with Gasteiger partial charge in [0.1, 0.15) is 0 Å². The third-order valence-corrected chi connectivity index (χ3v) is 2.55. The number of carboxylic acid groups (broad SMARTS) is 1. The van der Waals surface area contributed by atoms with Crippen LogP contribution in [-0.2, 0) is 4.79 Å². The van der Waals surface area contributed by atoms with E-state index in [1.54, 1.807) is 0 Å². The Morgan fingerprint density at radius 1 is 1.23 bits per heavy atom. The van der Waals surface area contributed by atoms with Crippen LogP contribution in [0, 0.1) is 0 Å². The highest BCUT2D eigenvalue weighted by Gasteiger charge is 2.15. The topological polar surface area (TPSA) is 43.8 Å². The maximum Gasteiger partial charge on any atom is 0.304 e. The molecule has 1 fully saturated rings. The van der Waals surface area contributed by atoms with Crippen LogP contribution in [0.25, 0.3) is 0 Å². The number of aliphatic carboxylic acids is 1. The SMILES string of the molecule is CCN1CCN(CCC(=O)O)CC1. The van der Waals surface area contributed by atoms with Gasteiger partial charge in [0.2, 0.25) is 0 Å². The van der Waals surface area contributed by atoms with Crippen molar-refractivity contribution >= 4 is 5.97 Å². The summed E-state index contributed by atoms with van der Waals surface area (Å²) in [5, 5.41) is 8.51. The molecule has 1 heterocycles. The van der Waals surface area contributed by atoms with E-state index in [4.69, 9.17) is 5.11 Å². The summed E-state index contributed by atoms with van der Waals surface area (Å²) in [6, 6.07) is 0. The molecule has 0 aliphatic carbocycles. The summed E-state index contributed by atoms with van der Waals surface area (Å²) >= 11 is 0. The minimum absolute atomic E-state index is 0.270. The van der Waals surface area contributed by atoms with Gasteiger partial charge < -0.3 is 14.9 Å². The molecule has 1 rings (SSSR count). The lowest BCUT2D eigenvalue weighted by molar-refractivity contribution is -0.137. The second kappa shape index (κ2) is 5.19. The van der Waals surface area contributed by atoms with Gasteiger partial charge in [-0.2, -0.15) is 0 Å². The number of hydrogen-bond acceptors (Lipinski definition) is 3. The van der Waals surface area contributed by atoms with Crippen LogP contribution in [0.3, 0.4) is 0 Å². The summed E-state index contributed by atoms with van der Waals surface area (Å²) in [5.74, 6) is -0.696. The fraction of sp³-hybridized carbons (Fsp3) is 0.889. The quantitative estimate of drug-likeness (QED) is 0.676. The van der Waals surface area contributed by atoms with E-state index in [0.29, 0.717) is 6.54 Å². The first-order valence-corrected chi connectivity index (χ1v) is 4.89. The third kappa shape index (κ3) is 3.74. The second-order valence-corrected chi connectivity index (χ2v) is 3.42. The lowest BCUT2D eigenvalue weighted by Gasteiger charge is -2.33. The van der Waals surface area contributed by atoms with Crippen molar-refractivity contribution in [3.8, 4) is 0 Å². The highest BCUT2D eigenvalue weighted by Crippen LogP contribution is 2.01. The Kier molecular flexibility index (Phi) is 4.18. The molecule has 0 aromatic heterocycles. The maximum absolute atomic E-state index is 10.3. The molecule has 0 aromatic rings. The molecule has 1 aliphatic heterocycles. The molecule has 0 atom stereocenters. The maximum atomic E-state index is 10.3. The van der Waals surface area contributed by atoms with E-state index in [1.165, 1.54) is 0 Å². The zero-order chi connectivity index (χ0) is 9.68. The van der Waals surface area contributed by atoms with E-state index in [0.717, 1.165) is 32.7 Å². The van der Waals surface area contributed by atoms with Crippen molar-refractivity contribution < 1.29 is 9.90 Å². The zero-order valence-corrected chi connectivity index (χ0v) is 8.20. The number of piperazine rings is 1. The van der Waals surface area contributed by atoms with Gasteiger partial charge in [-0.05, 0) is 6.54 Å². The Morgan fingerprint density at radius 2 is 1.77 bits per heavy atom. The van der Waals surface area contributed by atoms with Gasteiger partial charge in [0.05, 0.1) is 6.42 Å². The van der Waals surface area contributed by atoms with Gasteiger partial charge in [0.25, 0.3) is 0 Å². The van der Waals surface area contributed by atoms with E-state index in [2.05, 4.69) is 16.7 Å². The van der Waals surface area contributed by atoms with Gasteiger partial charge in [-0.3, -0.25) is 4.79 Å². The van der Waals surface area contributed by atoms with Gasteiger partial charge in [-0.1, -0.05) is 6.92 Å². The van der Waals surface area contributed by atoms with Crippen molar-refractivity contribution in [1.29, 1.82) is 0 Å². The van der Waals surface area contributed by atoms with Crippen molar-refractivity contribution in [3.63, 3.8) is 0 Å². The monoisotopic (exact) mass is 186 g/mol. The van der Waals surface area contributed by atoms with Crippen LogP contribution in [0.15, 0.2) is 0 Å². The van der Waals surface area contributed by atoms with Crippen LogP contribution in [0.4, 0.5) is 0 Å². The number of nitrogens with zero attached hydrogens (tertiary/aromatic N) is 2. The number of hydrogen-bond donors (Lipinski definition) is 1. The summed E-state index contributed by atoms with van der Waals surface area (Å²) in [4.78, 5) is 14.9. The number of carboxylic acids is 1. The minimum atomic E-state index is -0.696. The molecule has 4 heteroatoms. The summed E-state index contributed by atoms with van der Waals surface area (Å²) in [6.45, 7) is 8.15. The highest BCUT2D eigenvalue weighted by atomic mass is 16.4. The molecule has 0 radical (unpaired) electrons. The van der Waals surface area contributed by atoms with Gasteiger partial charge in [0.15, 0.2) is 0 Å². The predicted molar refractivity (Wildman–Crippen MR) is 50.8 cm³/mol. The largest absolute Gasteiger partial charge is 0.481 e. The summed E-state index contributed by atoms with van der Waals surface area (Å²) in [7, 11) is 0. The van der Waals surface area contributed by atoms with Crippen molar-refractivity contribution in [2.24, 2.45) is 0 Å². The van der Waals surface area contributed by atoms with Crippen LogP contribution in [0.2, 0.25) is 0 Å². The Hall–Kier alpha value is -0.610. The lowest BCUT2D eigenvalue weighted by atomic mass is 10.3. The average molecular weight is 186 g/mol. The van der Waals surface area contributed by atoms with E-state index in [1.807, 2.05) is 0 Å². The van der Waals surface area contributed by atoms with Crippen LogP contribution < -0.4 is 0 Å². The molecule has 1 saturated heterocycles. The molecule has 1 N–H and O–H groups in total. The van der Waals surface area contributed by atoms with E-state index < -0.39 is 5.97 Å². The molecule has 0 bridgehead atoms. The van der Waals surface area contributed by atoms with Crippen molar-refractivity contribution in [2.45, 2.75) is 13.3 Å². The molecule has 0 amide bonds. The number of likely N-dealkylation sites (N-methyl/N-ethyl adjacent to an activating group) is 1. The fourth-order valence-corrected chi connectivity index (χ4v) is 1.58. The van der Waals surface area contributed by atoms with Crippen molar-refractivity contribution in [1.82, 2.24) is 9.80 Å². The molecule has 13 heavy (non-hydrogen) atoms. The first-order valence-electron chi connectivity index (χ1n) is 4.89. The minimum Gasteiger partial charge on any atom is -0.481 e. The first kappa shape index (κ1) is 10.5. The molecule has 76 valence electrons. The third-order valence-electron chi connectivity index (χ3n) is 2.55.